The van der Waals surface area contributed by atoms with Crippen LogP contribution < -0.4 is 5.32 Å². The van der Waals surface area contributed by atoms with E-state index >= 15 is 0 Å². The molecule has 5 nitrogen and oxygen atoms in total. The van der Waals surface area contributed by atoms with Crippen LogP contribution >= 0.6 is 11.3 Å². The Morgan fingerprint density at radius 3 is 2.78 bits per heavy atom. The summed E-state index contributed by atoms with van der Waals surface area (Å²) >= 11 is 1.53. The van der Waals surface area contributed by atoms with Gasteiger partial charge in [0.2, 0.25) is 0 Å². The van der Waals surface area contributed by atoms with E-state index in [1.54, 1.807) is 6.33 Å². The highest BCUT2D eigenvalue weighted by Gasteiger charge is 2.09. The minimum Gasteiger partial charge on any atom is -0.350 e. The number of amides is 1. The summed E-state index contributed by atoms with van der Waals surface area (Å²) in [5.41, 5.74) is 1.17. The first-order chi connectivity index (χ1) is 8.58. The van der Waals surface area contributed by atoms with Gasteiger partial charge in [0.1, 0.15) is 12.2 Å². The zero-order valence-corrected chi connectivity index (χ0v) is 11.5. The van der Waals surface area contributed by atoms with Gasteiger partial charge in [-0.15, -0.1) is 21.5 Å². The van der Waals surface area contributed by atoms with Gasteiger partial charge < -0.3 is 9.88 Å². The predicted molar refractivity (Wildman–Crippen MR) is 70.9 cm³/mol. The standard InChI is InChI=1S/C12H16N4OS/c1-8-6-11(18-9(8)2)12(17)13-4-5-16-7-14-15-10(16)3/h6-7H,4-5H2,1-3H3,(H,13,17). The van der Waals surface area contributed by atoms with E-state index in [-0.39, 0.29) is 5.91 Å². The van der Waals surface area contributed by atoms with E-state index in [1.807, 2.05) is 31.4 Å². The third-order valence-corrected chi connectivity index (χ3v) is 3.99. The van der Waals surface area contributed by atoms with Crippen LogP contribution in [0.25, 0.3) is 0 Å². The summed E-state index contributed by atoms with van der Waals surface area (Å²) in [4.78, 5) is 13.8. The fraction of sp³-hybridized carbons (Fsp3) is 0.417. The van der Waals surface area contributed by atoms with Crippen molar-refractivity contribution in [1.29, 1.82) is 0 Å². The van der Waals surface area contributed by atoms with Gasteiger partial charge in [-0.25, -0.2) is 0 Å². The van der Waals surface area contributed by atoms with Crippen molar-refractivity contribution in [2.45, 2.75) is 27.3 Å². The third-order valence-electron chi connectivity index (χ3n) is 2.84. The van der Waals surface area contributed by atoms with E-state index in [2.05, 4.69) is 15.5 Å². The van der Waals surface area contributed by atoms with Crippen molar-refractivity contribution in [2.24, 2.45) is 0 Å². The van der Waals surface area contributed by atoms with Gasteiger partial charge in [0.05, 0.1) is 4.88 Å². The van der Waals surface area contributed by atoms with Gasteiger partial charge in [-0.05, 0) is 32.4 Å². The van der Waals surface area contributed by atoms with Crippen LogP contribution in [0.5, 0.6) is 0 Å². The topological polar surface area (TPSA) is 59.8 Å². The number of hydrogen-bond donors (Lipinski definition) is 1. The molecule has 6 heteroatoms. The van der Waals surface area contributed by atoms with Crippen molar-refractivity contribution < 1.29 is 4.79 Å². The Labute approximate surface area is 110 Å². The number of nitrogens with zero attached hydrogens (tertiary/aromatic N) is 3. The van der Waals surface area contributed by atoms with Crippen molar-refractivity contribution in [3.8, 4) is 0 Å². The smallest absolute Gasteiger partial charge is 0.261 e. The Kier molecular flexibility index (Phi) is 3.76. The van der Waals surface area contributed by atoms with Crippen molar-refractivity contribution >= 4 is 17.2 Å². The molecule has 0 radical (unpaired) electrons. The van der Waals surface area contributed by atoms with Gasteiger partial charge in [0, 0.05) is 18.0 Å². The molecule has 0 aliphatic carbocycles. The Bertz CT molecular complexity index is 539. The molecule has 0 saturated carbocycles. The first-order valence-corrected chi connectivity index (χ1v) is 6.59. The zero-order valence-electron chi connectivity index (χ0n) is 10.7. The molecule has 0 atom stereocenters. The fourth-order valence-corrected chi connectivity index (χ4v) is 2.54. The maximum atomic E-state index is 11.9. The third kappa shape index (κ3) is 2.76. The summed E-state index contributed by atoms with van der Waals surface area (Å²) in [5, 5.41) is 10.6. The lowest BCUT2D eigenvalue weighted by Gasteiger charge is -2.05. The molecule has 0 aromatic carbocycles. The molecule has 2 aromatic rings. The summed E-state index contributed by atoms with van der Waals surface area (Å²) in [6.07, 6.45) is 1.67. The maximum Gasteiger partial charge on any atom is 0.261 e. The number of nitrogens with one attached hydrogen (secondary N) is 1. The molecule has 18 heavy (non-hydrogen) atoms. The number of thiophene rings is 1. The molecule has 0 bridgehead atoms. The summed E-state index contributed by atoms with van der Waals surface area (Å²) in [5.74, 6) is 0.842. The van der Waals surface area contributed by atoms with Gasteiger partial charge in [-0.1, -0.05) is 0 Å². The largest absolute Gasteiger partial charge is 0.350 e. The highest BCUT2D eigenvalue weighted by Crippen LogP contribution is 2.20. The predicted octanol–water partition coefficient (Wildman–Crippen LogP) is 1.69. The SMILES string of the molecule is Cc1cc(C(=O)NCCn2cnnc2C)sc1C. The molecular formula is C12H16N4OS. The molecule has 0 aliphatic rings. The van der Waals surface area contributed by atoms with Crippen molar-refractivity contribution in [3.63, 3.8) is 0 Å². The van der Waals surface area contributed by atoms with E-state index in [0.717, 1.165) is 10.7 Å². The van der Waals surface area contributed by atoms with E-state index in [9.17, 15) is 4.79 Å². The highest BCUT2D eigenvalue weighted by molar-refractivity contribution is 7.14. The van der Waals surface area contributed by atoms with E-state index in [0.29, 0.717) is 13.1 Å². The van der Waals surface area contributed by atoms with Crippen LogP contribution in [0.2, 0.25) is 0 Å². The minimum absolute atomic E-state index is 0.0121. The highest BCUT2D eigenvalue weighted by atomic mass is 32.1. The monoisotopic (exact) mass is 264 g/mol. The second kappa shape index (κ2) is 5.30. The lowest BCUT2D eigenvalue weighted by atomic mass is 10.3. The molecule has 0 unspecified atom stereocenters. The quantitative estimate of drug-likeness (QED) is 0.914. The van der Waals surface area contributed by atoms with Crippen LogP contribution in [0.3, 0.4) is 0 Å². The van der Waals surface area contributed by atoms with Gasteiger partial charge in [-0.2, -0.15) is 0 Å². The molecule has 0 fully saturated rings. The van der Waals surface area contributed by atoms with E-state index < -0.39 is 0 Å². The van der Waals surface area contributed by atoms with Crippen LogP contribution in [0, 0.1) is 20.8 Å². The number of rotatable bonds is 4. The van der Waals surface area contributed by atoms with Crippen LogP contribution in [0.1, 0.15) is 25.9 Å². The summed E-state index contributed by atoms with van der Waals surface area (Å²) < 4.78 is 1.91. The maximum absolute atomic E-state index is 11.9. The van der Waals surface area contributed by atoms with Crippen molar-refractivity contribution in [3.05, 3.63) is 33.5 Å². The first kappa shape index (κ1) is 12.8. The average molecular weight is 264 g/mol. The molecule has 2 aromatic heterocycles. The van der Waals surface area contributed by atoms with Crippen LogP contribution in [0.4, 0.5) is 0 Å². The number of aryl methyl sites for hydroxylation is 3. The van der Waals surface area contributed by atoms with Gasteiger partial charge in [0.15, 0.2) is 0 Å². The van der Waals surface area contributed by atoms with E-state index in [4.69, 9.17) is 0 Å². The number of carbonyl (C=O) groups excluding carboxylic acids is 1. The fourth-order valence-electron chi connectivity index (χ4n) is 1.59. The summed E-state index contributed by atoms with van der Waals surface area (Å²) in [6.45, 7) is 7.20. The Morgan fingerprint density at radius 1 is 1.44 bits per heavy atom. The molecule has 2 rings (SSSR count). The summed E-state index contributed by atoms with van der Waals surface area (Å²) in [7, 11) is 0. The number of carbonyl (C=O) groups is 1. The van der Waals surface area contributed by atoms with Crippen LogP contribution in [-0.2, 0) is 6.54 Å². The number of hydrogen-bond acceptors (Lipinski definition) is 4. The molecular weight excluding hydrogens is 248 g/mol. The van der Waals surface area contributed by atoms with Gasteiger partial charge >= 0.3 is 0 Å². The lowest BCUT2D eigenvalue weighted by molar-refractivity contribution is 0.0956. The normalized spacial score (nSPS) is 10.6. The molecule has 0 aliphatic heterocycles. The Hall–Kier alpha value is -1.69. The second-order valence-corrected chi connectivity index (χ2v) is 5.43. The Balaban J connectivity index is 1.87. The summed E-state index contributed by atoms with van der Waals surface area (Å²) in [6, 6.07) is 1.93. The van der Waals surface area contributed by atoms with Crippen molar-refractivity contribution in [2.75, 3.05) is 6.54 Å². The second-order valence-electron chi connectivity index (χ2n) is 4.18. The molecule has 96 valence electrons. The van der Waals surface area contributed by atoms with E-state index in [1.165, 1.54) is 21.8 Å². The van der Waals surface area contributed by atoms with Crippen molar-refractivity contribution in [1.82, 2.24) is 20.1 Å². The van der Waals surface area contributed by atoms with Crippen LogP contribution in [0.15, 0.2) is 12.4 Å². The molecule has 2 heterocycles. The minimum atomic E-state index is -0.0121. The number of aromatic nitrogens is 3. The van der Waals surface area contributed by atoms with Gasteiger partial charge in [0.25, 0.3) is 5.91 Å². The average Bonchev–Trinajstić information content (AvgIpc) is 2.87. The molecule has 0 saturated heterocycles. The van der Waals surface area contributed by atoms with Gasteiger partial charge in [-0.3, -0.25) is 4.79 Å². The molecule has 0 spiro atoms. The molecule has 1 amide bonds. The molecule has 1 N–H and O–H groups in total. The van der Waals surface area contributed by atoms with Crippen LogP contribution in [-0.4, -0.2) is 27.2 Å². The lowest BCUT2D eigenvalue weighted by Crippen LogP contribution is -2.26. The zero-order chi connectivity index (χ0) is 13.1. The first-order valence-electron chi connectivity index (χ1n) is 5.77. The Morgan fingerprint density at radius 2 is 2.22 bits per heavy atom.